The van der Waals surface area contributed by atoms with E-state index in [2.05, 4.69) is 15.1 Å². The molecule has 0 aliphatic carbocycles. The zero-order valence-corrected chi connectivity index (χ0v) is 15.7. The minimum Gasteiger partial charge on any atom is -0.494 e. The summed E-state index contributed by atoms with van der Waals surface area (Å²) in [7, 11) is 1.91. The third-order valence-electron chi connectivity index (χ3n) is 5.04. The molecule has 8 nitrogen and oxygen atoms in total. The summed E-state index contributed by atoms with van der Waals surface area (Å²) in [6, 6.07) is 6.89. The fourth-order valence-corrected chi connectivity index (χ4v) is 3.53. The number of likely N-dealkylation sites (tertiary alicyclic amines) is 1. The number of ether oxygens (including phenoxy) is 1. The second kappa shape index (κ2) is 8.96. The zero-order chi connectivity index (χ0) is 19.2. The average Bonchev–Trinajstić information content (AvgIpc) is 3.06. The van der Waals surface area contributed by atoms with Crippen molar-refractivity contribution in [3.63, 3.8) is 0 Å². The van der Waals surface area contributed by atoms with Crippen molar-refractivity contribution in [2.24, 2.45) is 12.8 Å². The largest absolute Gasteiger partial charge is 0.494 e. The van der Waals surface area contributed by atoms with Crippen molar-refractivity contribution in [2.45, 2.75) is 31.8 Å². The van der Waals surface area contributed by atoms with Crippen molar-refractivity contribution >= 4 is 5.91 Å². The lowest BCUT2D eigenvalue weighted by atomic mass is 9.97. The van der Waals surface area contributed by atoms with Gasteiger partial charge in [-0.25, -0.2) is 0 Å². The number of carbonyl (C=O) groups excluding carboxylic acids is 1. The van der Waals surface area contributed by atoms with Crippen LogP contribution in [0, 0.1) is 0 Å². The Hall–Kier alpha value is -2.45. The van der Waals surface area contributed by atoms with E-state index < -0.39 is 5.91 Å². The van der Waals surface area contributed by atoms with E-state index in [0.29, 0.717) is 23.9 Å². The first-order valence-electron chi connectivity index (χ1n) is 9.32. The van der Waals surface area contributed by atoms with Crippen molar-refractivity contribution in [1.82, 2.24) is 19.7 Å². The summed E-state index contributed by atoms with van der Waals surface area (Å²) < 4.78 is 7.66. The number of aliphatic hydroxyl groups excluding tert-OH is 1. The second-order valence-electron chi connectivity index (χ2n) is 6.92. The molecule has 3 N–H and O–H groups in total. The van der Waals surface area contributed by atoms with Crippen LogP contribution in [-0.4, -0.2) is 56.9 Å². The highest BCUT2D eigenvalue weighted by Gasteiger charge is 2.25. The summed E-state index contributed by atoms with van der Waals surface area (Å²) in [4.78, 5) is 13.5. The maximum absolute atomic E-state index is 11.1. The van der Waals surface area contributed by atoms with E-state index in [-0.39, 0.29) is 6.61 Å². The smallest absolute Gasteiger partial charge is 0.248 e. The maximum Gasteiger partial charge on any atom is 0.248 e. The zero-order valence-electron chi connectivity index (χ0n) is 15.7. The fourth-order valence-electron chi connectivity index (χ4n) is 3.53. The van der Waals surface area contributed by atoms with Gasteiger partial charge < -0.3 is 25.0 Å². The topological polar surface area (TPSA) is 106 Å². The highest BCUT2D eigenvalue weighted by Crippen LogP contribution is 2.25. The molecule has 8 heteroatoms. The van der Waals surface area contributed by atoms with Crippen molar-refractivity contribution in [2.75, 3.05) is 26.2 Å². The first-order valence-corrected chi connectivity index (χ1v) is 9.32. The Morgan fingerprint density at radius 2 is 2.11 bits per heavy atom. The Morgan fingerprint density at radius 3 is 2.78 bits per heavy atom. The Bertz CT molecular complexity index is 759. The van der Waals surface area contributed by atoms with E-state index in [1.807, 2.05) is 11.6 Å². The van der Waals surface area contributed by atoms with Crippen LogP contribution in [0.5, 0.6) is 5.75 Å². The van der Waals surface area contributed by atoms with Gasteiger partial charge in [0.1, 0.15) is 18.2 Å². The molecule has 0 unspecified atom stereocenters. The van der Waals surface area contributed by atoms with Crippen molar-refractivity contribution in [3.8, 4) is 5.75 Å². The third kappa shape index (κ3) is 4.84. The van der Waals surface area contributed by atoms with Gasteiger partial charge in [0, 0.05) is 31.6 Å². The number of nitrogens with zero attached hydrogens (tertiary/aromatic N) is 4. The molecule has 2 aromatic rings. The molecule has 0 bridgehead atoms. The van der Waals surface area contributed by atoms with Gasteiger partial charge in [0.25, 0.3) is 0 Å². The molecule has 1 aliphatic heterocycles. The van der Waals surface area contributed by atoms with Crippen molar-refractivity contribution in [3.05, 3.63) is 41.5 Å². The number of amides is 1. The van der Waals surface area contributed by atoms with E-state index in [4.69, 9.17) is 10.5 Å². The first-order chi connectivity index (χ1) is 13.1. The number of rotatable bonds is 8. The van der Waals surface area contributed by atoms with Crippen LogP contribution in [0.1, 0.15) is 47.2 Å². The molecule has 27 heavy (non-hydrogen) atoms. The highest BCUT2D eigenvalue weighted by molar-refractivity contribution is 5.92. The van der Waals surface area contributed by atoms with Gasteiger partial charge in [0.2, 0.25) is 5.91 Å². The summed E-state index contributed by atoms with van der Waals surface area (Å²) in [5.41, 5.74) is 5.71. The molecular weight excluding hydrogens is 346 g/mol. The summed E-state index contributed by atoms with van der Waals surface area (Å²) in [6.45, 7) is 3.52. The Morgan fingerprint density at radius 1 is 1.33 bits per heavy atom. The monoisotopic (exact) mass is 373 g/mol. The van der Waals surface area contributed by atoms with Gasteiger partial charge in [0.05, 0.1) is 6.61 Å². The third-order valence-corrected chi connectivity index (χ3v) is 5.04. The van der Waals surface area contributed by atoms with E-state index >= 15 is 0 Å². The molecule has 1 aromatic heterocycles. The van der Waals surface area contributed by atoms with E-state index in [9.17, 15) is 9.90 Å². The van der Waals surface area contributed by atoms with Crippen LogP contribution in [0.4, 0.5) is 0 Å². The standard InChI is InChI=1S/C19H27N5O3/c1-23-17(13-25)21-22-19(23)15-4-2-9-24(12-15)10-3-11-27-16-7-5-14(6-8-16)18(20)26/h5-8,15,25H,2-4,9-13H2,1H3,(H2,20,26)/t15-/m0/s1. The Labute approximate surface area is 158 Å². The van der Waals surface area contributed by atoms with Gasteiger partial charge >= 0.3 is 0 Å². The van der Waals surface area contributed by atoms with Crippen LogP contribution in [0.25, 0.3) is 0 Å². The molecule has 146 valence electrons. The van der Waals surface area contributed by atoms with Gasteiger partial charge in [-0.3, -0.25) is 4.79 Å². The first kappa shape index (κ1) is 19.3. The van der Waals surface area contributed by atoms with Crippen LogP contribution < -0.4 is 10.5 Å². The number of aliphatic hydroxyl groups is 1. The molecule has 1 saturated heterocycles. The number of carbonyl (C=O) groups is 1. The molecule has 1 atom stereocenters. The lowest BCUT2D eigenvalue weighted by Crippen LogP contribution is -2.36. The van der Waals surface area contributed by atoms with Crippen LogP contribution in [-0.2, 0) is 13.7 Å². The number of primary amides is 1. The van der Waals surface area contributed by atoms with Crippen molar-refractivity contribution in [1.29, 1.82) is 0 Å². The van der Waals surface area contributed by atoms with Gasteiger partial charge in [-0.15, -0.1) is 10.2 Å². The molecule has 2 heterocycles. The van der Waals surface area contributed by atoms with Gasteiger partial charge in [0.15, 0.2) is 5.82 Å². The predicted octanol–water partition coefficient (Wildman–Crippen LogP) is 1.05. The van der Waals surface area contributed by atoms with Crippen LogP contribution in [0.2, 0.25) is 0 Å². The van der Waals surface area contributed by atoms with E-state index in [1.54, 1.807) is 24.3 Å². The fraction of sp³-hybridized carbons (Fsp3) is 0.526. The van der Waals surface area contributed by atoms with Gasteiger partial charge in [-0.2, -0.15) is 0 Å². The second-order valence-corrected chi connectivity index (χ2v) is 6.92. The van der Waals surface area contributed by atoms with E-state index in [1.165, 1.54) is 0 Å². The number of benzene rings is 1. The molecule has 0 saturated carbocycles. The summed E-state index contributed by atoms with van der Waals surface area (Å²) in [5.74, 6) is 2.22. The molecule has 0 spiro atoms. The summed E-state index contributed by atoms with van der Waals surface area (Å²) >= 11 is 0. The Kier molecular flexibility index (Phi) is 6.41. The van der Waals surface area contributed by atoms with Crippen LogP contribution >= 0.6 is 0 Å². The summed E-state index contributed by atoms with van der Waals surface area (Å²) in [5, 5.41) is 17.6. The van der Waals surface area contributed by atoms with Gasteiger partial charge in [-0.05, 0) is 50.1 Å². The van der Waals surface area contributed by atoms with Crippen molar-refractivity contribution < 1.29 is 14.6 Å². The molecule has 1 fully saturated rings. The minimum atomic E-state index is -0.435. The number of hydrogen-bond donors (Lipinski definition) is 2. The van der Waals surface area contributed by atoms with Crippen LogP contribution in [0.3, 0.4) is 0 Å². The normalized spacial score (nSPS) is 17.8. The maximum atomic E-state index is 11.1. The van der Waals surface area contributed by atoms with Gasteiger partial charge in [-0.1, -0.05) is 0 Å². The predicted molar refractivity (Wildman–Crippen MR) is 100 cm³/mol. The number of hydrogen-bond acceptors (Lipinski definition) is 6. The number of nitrogens with two attached hydrogens (primary N) is 1. The van der Waals surface area contributed by atoms with E-state index in [0.717, 1.165) is 50.5 Å². The highest BCUT2D eigenvalue weighted by atomic mass is 16.5. The molecule has 1 aliphatic rings. The number of aromatic nitrogens is 3. The average molecular weight is 373 g/mol. The lowest BCUT2D eigenvalue weighted by Gasteiger charge is -2.32. The molecule has 0 radical (unpaired) electrons. The van der Waals surface area contributed by atoms with Crippen LogP contribution in [0.15, 0.2) is 24.3 Å². The SMILES string of the molecule is Cn1c(CO)nnc1[C@H]1CCCN(CCCOc2ccc(C(N)=O)cc2)C1. The molecule has 1 aromatic carbocycles. The molecule has 1 amide bonds. The molecule has 3 rings (SSSR count). The minimum absolute atomic E-state index is 0.0856. The number of piperidine rings is 1. The quantitative estimate of drug-likeness (QED) is 0.670. The summed E-state index contributed by atoms with van der Waals surface area (Å²) in [6.07, 6.45) is 3.14. The Balaban J connectivity index is 1.44. The lowest BCUT2D eigenvalue weighted by molar-refractivity contribution is 0.1000. The molecular formula is C19H27N5O3.